The van der Waals surface area contributed by atoms with Crippen molar-refractivity contribution < 1.29 is 13.5 Å². The molecular weight excluding hydrogens is 276 g/mol. The van der Waals surface area contributed by atoms with E-state index in [1.54, 1.807) is 16.4 Å². The van der Waals surface area contributed by atoms with Crippen molar-refractivity contribution in [2.24, 2.45) is 5.92 Å². The standard InChI is InChI=1S/C14H20N2O3S/c17-8-5-11-4-7-16(10-11)20(18,19)13-1-2-14-12(9-13)3-6-15-14/h1-2,9,11,15,17H,3-8,10H2. The van der Waals surface area contributed by atoms with Gasteiger partial charge in [-0.1, -0.05) is 0 Å². The highest BCUT2D eigenvalue weighted by molar-refractivity contribution is 7.89. The van der Waals surface area contributed by atoms with E-state index in [1.807, 2.05) is 6.07 Å². The molecule has 6 heteroatoms. The number of hydrogen-bond donors (Lipinski definition) is 2. The van der Waals surface area contributed by atoms with Gasteiger partial charge in [-0.2, -0.15) is 4.31 Å². The molecule has 20 heavy (non-hydrogen) atoms. The van der Waals surface area contributed by atoms with Crippen LogP contribution in [0.3, 0.4) is 0 Å². The fraction of sp³-hybridized carbons (Fsp3) is 0.571. The fourth-order valence-electron chi connectivity index (χ4n) is 3.02. The summed E-state index contributed by atoms with van der Waals surface area (Å²) in [6, 6.07) is 5.34. The van der Waals surface area contributed by atoms with Crippen LogP contribution in [0, 0.1) is 5.92 Å². The van der Waals surface area contributed by atoms with Crippen LogP contribution in [0.2, 0.25) is 0 Å². The Morgan fingerprint density at radius 3 is 3.05 bits per heavy atom. The average molecular weight is 296 g/mol. The highest BCUT2D eigenvalue weighted by Crippen LogP contribution is 2.29. The van der Waals surface area contributed by atoms with E-state index in [2.05, 4.69) is 5.32 Å². The highest BCUT2D eigenvalue weighted by atomic mass is 32.2. The van der Waals surface area contributed by atoms with E-state index < -0.39 is 10.0 Å². The molecule has 2 N–H and O–H groups in total. The Balaban J connectivity index is 1.82. The van der Waals surface area contributed by atoms with Crippen molar-refractivity contribution in [1.29, 1.82) is 0 Å². The molecule has 2 aliphatic heterocycles. The van der Waals surface area contributed by atoms with Gasteiger partial charge in [-0.05, 0) is 48.9 Å². The maximum Gasteiger partial charge on any atom is 0.243 e. The molecule has 1 aromatic carbocycles. The number of benzene rings is 1. The van der Waals surface area contributed by atoms with Crippen LogP contribution in [0.1, 0.15) is 18.4 Å². The Bertz CT molecular complexity index is 600. The predicted octanol–water partition coefficient (Wildman–Crippen LogP) is 1.05. The second-order valence-electron chi connectivity index (χ2n) is 5.53. The molecule has 2 heterocycles. The zero-order valence-electron chi connectivity index (χ0n) is 11.4. The van der Waals surface area contributed by atoms with Crippen molar-refractivity contribution in [3.8, 4) is 0 Å². The van der Waals surface area contributed by atoms with Crippen molar-refractivity contribution in [3.63, 3.8) is 0 Å². The van der Waals surface area contributed by atoms with Crippen molar-refractivity contribution in [1.82, 2.24) is 4.31 Å². The number of hydrogen-bond acceptors (Lipinski definition) is 4. The molecule has 0 aromatic heterocycles. The van der Waals surface area contributed by atoms with E-state index in [9.17, 15) is 8.42 Å². The van der Waals surface area contributed by atoms with Crippen LogP contribution in [-0.2, 0) is 16.4 Å². The van der Waals surface area contributed by atoms with Crippen molar-refractivity contribution >= 4 is 15.7 Å². The van der Waals surface area contributed by atoms with Gasteiger partial charge in [-0.15, -0.1) is 0 Å². The van der Waals surface area contributed by atoms with Crippen LogP contribution >= 0.6 is 0 Å². The number of aliphatic hydroxyl groups excluding tert-OH is 1. The summed E-state index contributed by atoms with van der Waals surface area (Å²) < 4.78 is 26.8. The summed E-state index contributed by atoms with van der Waals surface area (Å²) >= 11 is 0. The second-order valence-corrected chi connectivity index (χ2v) is 7.46. The maximum atomic E-state index is 12.6. The first kappa shape index (κ1) is 13.9. The molecule has 0 radical (unpaired) electrons. The lowest BCUT2D eigenvalue weighted by Crippen LogP contribution is -2.29. The molecular formula is C14H20N2O3S. The Kier molecular flexibility index (Phi) is 3.70. The van der Waals surface area contributed by atoms with Gasteiger partial charge < -0.3 is 10.4 Å². The van der Waals surface area contributed by atoms with Crippen LogP contribution < -0.4 is 5.32 Å². The largest absolute Gasteiger partial charge is 0.396 e. The minimum absolute atomic E-state index is 0.128. The van der Waals surface area contributed by atoms with Gasteiger partial charge in [0.05, 0.1) is 4.90 Å². The molecule has 110 valence electrons. The molecule has 0 spiro atoms. The number of aliphatic hydroxyl groups is 1. The van der Waals surface area contributed by atoms with Crippen LogP contribution in [-0.4, -0.2) is 44.1 Å². The number of rotatable bonds is 4. The van der Waals surface area contributed by atoms with Crippen LogP contribution in [0.5, 0.6) is 0 Å². The molecule has 1 aromatic rings. The van der Waals surface area contributed by atoms with Crippen LogP contribution in [0.25, 0.3) is 0 Å². The number of fused-ring (bicyclic) bond motifs is 1. The van der Waals surface area contributed by atoms with E-state index in [4.69, 9.17) is 5.11 Å². The third-order valence-electron chi connectivity index (χ3n) is 4.21. The molecule has 0 saturated carbocycles. The SMILES string of the molecule is O=S(=O)(c1ccc2c(c1)CCN2)N1CCC(CCO)C1. The minimum atomic E-state index is -3.39. The number of anilines is 1. The summed E-state index contributed by atoms with van der Waals surface area (Å²) in [6.45, 7) is 2.09. The van der Waals surface area contributed by atoms with Gasteiger partial charge in [0, 0.05) is 31.9 Å². The Hall–Kier alpha value is -1.11. The van der Waals surface area contributed by atoms with E-state index in [-0.39, 0.29) is 12.5 Å². The van der Waals surface area contributed by atoms with Crippen molar-refractivity contribution in [3.05, 3.63) is 23.8 Å². The quantitative estimate of drug-likeness (QED) is 0.871. The molecule has 1 atom stereocenters. The normalized spacial score (nSPS) is 22.8. The lowest BCUT2D eigenvalue weighted by molar-refractivity contribution is 0.259. The lowest BCUT2D eigenvalue weighted by atomic mass is 10.1. The molecule has 1 fully saturated rings. The summed E-state index contributed by atoms with van der Waals surface area (Å²) in [5, 5.41) is 12.2. The molecule has 2 aliphatic rings. The number of nitrogens with zero attached hydrogens (tertiary/aromatic N) is 1. The third-order valence-corrected chi connectivity index (χ3v) is 6.07. The predicted molar refractivity (Wildman–Crippen MR) is 77.2 cm³/mol. The molecule has 5 nitrogen and oxygen atoms in total. The molecule has 0 aliphatic carbocycles. The average Bonchev–Trinajstić information content (AvgIpc) is 3.06. The van der Waals surface area contributed by atoms with Crippen LogP contribution in [0.15, 0.2) is 23.1 Å². The molecule has 1 saturated heterocycles. The molecule has 0 bridgehead atoms. The Labute approximate surface area is 119 Å². The summed E-state index contributed by atoms with van der Waals surface area (Å²) in [5.74, 6) is 0.283. The van der Waals surface area contributed by atoms with Crippen molar-refractivity contribution in [2.75, 3.05) is 31.6 Å². The zero-order chi connectivity index (χ0) is 14.2. The van der Waals surface area contributed by atoms with Gasteiger partial charge in [-0.3, -0.25) is 0 Å². The van der Waals surface area contributed by atoms with Crippen molar-refractivity contribution in [2.45, 2.75) is 24.2 Å². The first-order chi connectivity index (χ1) is 9.61. The summed E-state index contributed by atoms with van der Waals surface area (Å²) in [5.41, 5.74) is 2.13. The van der Waals surface area contributed by atoms with Gasteiger partial charge in [0.15, 0.2) is 0 Å². The zero-order valence-corrected chi connectivity index (χ0v) is 12.2. The smallest absolute Gasteiger partial charge is 0.243 e. The van der Waals surface area contributed by atoms with E-state index in [1.165, 1.54) is 0 Å². The second kappa shape index (κ2) is 5.35. The molecule has 0 amide bonds. The first-order valence-corrected chi connectivity index (χ1v) is 8.53. The lowest BCUT2D eigenvalue weighted by Gasteiger charge is -2.17. The van der Waals surface area contributed by atoms with Gasteiger partial charge in [0.25, 0.3) is 0 Å². The molecule has 1 unspecified atom stereocenters. The van der Waals surface area contributed by atoms with E-state index in [0.29, 0.717) is 24.4 Å². The summed E-state index contributed by atoms with van der Waals surface area (Å²) in [7, 11) is -3.39. The maximum absolute atomic E-state index is 12.6. The summed E-state index contributed by atoms with van der Waals surface area (Å²) in [6.07, 6.45) is 2.40. The van der Waals surface area contributed by atoms with Gasteiger partial charge in [0.1, 0.15) is 0 Å². The Morgan fingerprint density at radius 1 is 1.40 bits per heavy atom. The van der Waals surface area contributed by atoms with Gasteiger partial charge in [0.2, 0.25) is 10.0 Å². The molecule has 3 rings (SSSR count). The van der Waals surface area contributed by atoms with E-state index in [0.717, 1.165) is 30.6 Å². The number of sulfonamides is 1. The summed E-state index contributed by atoms with van der Waals surface area (Å²) in [4.78, 5) is 0.393. The monoisotopic (exact) mass is 296 g/mol. The first-order valence-electron chi connectivity index (χ1n) is 7.09. The van der Waals surface area contributed by atoms with E-state index >= 15 is 0 Å². The minimum Gasteiger partial charge on any atom is -0.396 e. The third kappa shape index (κ3) is 2.43. The van der Waals surface area contributed by atoms with Gasteiger partial charge in [-0.25, -0.2) is 8.42 Å². The van der Waals surface area contributed by atoms with Crippen LogP contribution in [0.4, 0.5) is 5.69 Å². The Morgan fingerprint density at radius 2 is 2.25 bits per heavy atom. The van der Waals surface area contributed by atoms with Gasteiger partial charge >= 0.3 is 0 Å². The fourth-order valence-corrected chi connectivity index (χ4v) is 4.61. The topological polar surface area (TPSA) is 69.6 Å². The highest BCUT2D eigenvalue weighted by Gasteiger charge is 2.32. The number of nitrogens with one attached hydrogen (secondary N) is 1.